The molecule has 0 fully saturated rings. The van der Waals surface area contributed by atoms with E-state index in [4.69, 9.17) is 0 Å². The number of benzene rings is 1. The lowest BCUT2D eigenvalue weighted by Gasteiger charge is -2.21. The number of aryl methyl sites for hydroxylation is 1. The van der Waals surface area contributed by atoms with Gasteiger partial charge in [0.1, 0.15) is 11.3 Å². The predicted molar refractivity (Wildman–Crippen MR) is 102 cm³/mol. The van der Waals surface area contributed by atoms with Crippen molar-refractivity contribution >= 4 is 28.6 Å². The van der Waals surface area contributed by atoms with Crippen LogP contribution in [-0.4, -0.2) is 27.3 Å². The number of hydrogen-bond acceptors (Lipinski definition) is 4. The second kappa shape index (κ2) is 7.03. The number of pyridine rings is 1. The topological polar surface area (TPSA) is 83.9 Å². The largest absolute Gasteiger partial charge is 0.368 e. The molecule has 134 valence electrons. The SMILES string of the molecule is Cn1ncc2cc3nc(c21)NCCCCC(c1ccccc1)NC(=O)N3. The fourth-order valence-corrected chi connectivity index (χ4v) is 3.39. The summed E-state index contributed by atoms with van der Waals surface area (Å²) >= 11 is 0. The molecule has 0 radical (unpaired) electrons. The number of aromatic nitrogens is 3. The minimum atomic E-state index is -0.249. The van der Waals surface area contributed by atoms with Crippen molar-refractivity contribution in [1.29, 1.82) is 0 Å². The van der Waals surface area contributed by atoms with E-state index in [0.717, 1.165) is 48.1 Å². The molecule has 3 aromatic rings. The lowest BCUT2D eigenvalue weighted by molar-refractivity contribution is 0.247. The standard InChI is InChI=1S/C19H22N6O/c1-25-17-14(12-21-25)11-16-23-18(17)20-10-6-5-9-15(22-19(26)24-16)13-7-3-2-4-8-13/h2-4,7-8,11-12,15H,5-6,9-10H2,1H3,(H3,20,22,23,24,26). The van der Waals surface area contributed by atoms with Gasteiger partial charge in [0.05, 0.1) is 12.2 Å². The van der Waals surface area contributed by atoms with E-state index in [2.05, 4.69) is 26.0 Å². The predicted octanol–water partition coefficient (Wildman–Crippen LogP) is 3.43. The number of carbonyl (C=O) groups is 1. The number of urea groups is 1. The number of anilines is 2. The van der Waals surface area contributed by atoms with Crippen LogP contribution in [0.4, 0.5) is 16.4 Å². The second-order valence-electron chi connectivity index (χ2n) is 6.55. The zero-order valence-corrected chi connectivity index (χ0v) is 14.7. The maximum atomic E-state index is 12.5. The van der Waals surface area contributed by atoms with Crippen LogP contribution in [0.25, 0.3) is 10.9 Å². The summed E-state index contributed by atoms with van der Waals surface area (Å²) in [4.78, 5) is 17.1. The van der Waals surface area contributed by atoms with Crippen molar-refractivity contribution in [3.63, 3.8) is 0 Å². The average molecular weight is 350 g/mol. The van der Waals surface area contributed by atoms with Crippen molar-refractivity contribution in [2.75, 3.05) is 17.2 Å². The monoisotopic (exact) mass is 350 g/mol. The number of nitrogens with zero attached hydrogens (tertiary/aromatic N) is 3. The number of hydrogen-bond donors (Lipinski definition) is 3. The van der Waals surface area contributed by atoms with E-state index >= 15 is 0 Å². The fourth-order valence-electron chi connectivity index (χ4n) is 3.39. The van der Waals surface area contributed by atoms with Crippen molar-refractivity contribution in [2.24, 2.45) is 7.05 Å². The van der Waals surface area contributed by atoms with Gasteiger partial charge in [-0.2, -0.15) is 5.10 Å². The molecular weight excluding hydrogens is 328 g/mol. The molecule has 1 aliphatic rings. The van der Waals surface area contributed by atoms with E-state index in [-0.39, 0.29) is 12.1 Å². The molecule has 1 aromatic carbocycles. The van der Waals surface area contributed by atoms with Gasteiger partial charge in [-0.15, -0.1) is 0 Å². The van der Waals surface area contributed by atoms with E-state index in [1.165, 1.54) is 0 Å². The Kier molecular flexibility index (Phi) is 4.43. The molecule has 0 saturated heterocycles. The molecule has 2 bridgehead atoms. The first kappa shape index (κ1) is 16.4. The van der Waals surface area contributed by atoms with Crippen molar-refractivity contribution in [2.45, 2.75) is 25.3 Å². The van der Waals surface area contributed by atoms with Crippen LogP contribution in [0, 0.1) is 0 Å². The molecule has 3 N–H and O–H groups in total. The number of amides is 2. The van der Waals surface area contributed by atoms with E-state index in [0.29, 0.717) is 5.82 Å². The highest BCUT2D eigenvalue weighted by molar-refractivity contribution is 5.95. The Balaban J connectivity index is 1.64. The first-order valence-electron chi connectivity index (χ1n) is 8.90. The van der Waals surface area contributed by atoms with Gasteiger partial charge in [0.25, 0.3) is 0 Å². The van der Waals surface area contributed by atoms with Crippen LogP contribution >= 0.6 is 0 Å². The minimum absolute atomic E-state index is 0.0165. The normalized spacial score (nSPS) is 18.2. The molecule has 2 amide bonds. The number of rotatable bonds is 1. The van der Waals surface area contributed by atoms with Gasteiger partial charge >= 0.3 is 6.03 Å². The van der Waals surface area contributed by atoms with Crippen molar-refractivity contribution in [3.05, 3.63) is 48.2 Å². The van der Waals surface area contributed by atoms with Crippen LogP contribution in [-0.2, 0) is 7.05 Å². The summed E-state index contributed by atoms with van der Waals surface area (Å²) in [6, 6.07) is 11.7. The minimum Gasteiger partial charge on any atom is -0.368 e. The van der Waals surface area contributed by atoms with Crippen molar-refractivity contribution in [1.82, 2.24) is 20.1 Å². The van der Waals surface area contributed by atoms with Gasteiger partial charge in [0.15, 0.2) is 5.82 Å². The van der Waals surface area contributed by atoms with E-state index in [1.807, 2.05) is 43.4 Å². The third-order valence-electron chi connectivity index (χ3n) is 4.68. The van der Waals surface area contributed by atoms with Crippen LogP contribution in [0.1, 0.15) is 30.9 Å². The smallest absolute Gasteiger partial charge is 0.320 e. The lowest BCUT2D eigenvalue weighted by Crippen LogP contribution is -2.33. The van der Waals surface area contributed by atoms with Gasteiger partial charge < -0.3 is 10.6 Å². The Bertz CT molecular complexity index is 920. The lowest BCUT2D eigenvalue weighted by atomic mass is 10.0. The number of nitrogens with one attached hydrogen (secondary N) is 3. The van der Waals surface area contributed by atoms with E-state index in [9.17, 15) is 4.79 Å². The van der Waals surface area contributed by atoms with Gasteiger partial charge in [-0.05, 0) is 30.9 Å². The zero-order valence-electron chi connectivity index (χ0n) is 14.7. The molecule has 7 heteroatoms. The van der Waals surface area contributed by atoms with Gasteiger partial charge in [-0.25, -0.2) is 9.78 Å². The first-order valence-corrected chi connectivity index (χ1v) is 8.90. The quantitative estimate of drug-likeness (QED) is 0.628. The molecule has 1 aliphatic heterocycles. The summed E-state index contributed by atoms with van der Waals surface area (Å²) < 4.78 is 1.80. The van der Waals surface area contributed by atoms with Crippen molar-refractivity contribution < 1.29 is 4.79 Å². The highest BCUT2D eigenvalue weighted by Crippen LogP contribution is 2.26. The maximum Gasteiger partial charge on any atom is 0.320 e. The van der Waals surface area contributed by atoms with Gasteiger partial charge in [0.2, 0.25) is 0 Å². The third-order valence-corrected chi connectivity index (χ3v) is 4.68. The molecule has 0 saturated carbocycles. The molecule has 0 spiro atoms. The summed E-state index contributed by atoms with van der Waals surface area (Å²) in [5.41, 5.74) is 2.05. The Morgan fingerprint density at radius 1 is 1.19 bits per heavy atom. The molecule has 0 aliphatic carbocycles. The highest BCUT2D eigenvalue weighted by Gasteiger charge is 2.17. The van der Waals surface area contributed by atoms with Gasteiger partial charge in [-0.3, -0.25) is 10.00 Å². The summed E-state index contributed by atoms with van der Waals surface area (Å²) in [6.07, 6.45) is 4.67. The highest BCUT2D eigenvalue weighted by atomic mass is 16.2. The van der Waals surface area contributed by atoms with Gasteiger partial charge in [-0.1, -0.05) is 30.3 Å². The van der Waals surface area contributed by atoms with Gasteiger partial charge in [0, 0.05) is 19.0 Å². The Morgan fingerprint density at radius 2 is 2.04 bits per heavy atom. The molecule has 1 atom stereocenters. The van der Waals surface area contributed by atoms with Crippen LogP contribution < -0.4 is 16.0 Å². The van der Waals surface area contributed by atoms with Crippen molar-refractivity contribution in [3.8, 4) is 0 Å². The van der Waals surface area contributed by atoms with Crippen LogP contribution in [0.5, 0.6) is 0 Å². The van der Waals surface area contributed by atoms with Crippen LogP contribution in [0.15, 0.2) is 42.6 Å². The Morgan fingerprint density at radius 3 is 2.88 bits per heavy atom. The number of fused-ring (bicyclic) bond motifs is 4. The summed E-state index contributed by atoms with van der Waals surface area (Å²) in [5, 5.41) is 14.6. The molecule has 1 unspecified atom stereocenters. The first-order chi connectivity index (χ1) is 12.7. The Hall–Kier alpha value is -3.09. The van der Waals surface area contributed by atoms with E-state index < -0.39 is 0 Å². The molecule has 7 nitrogen and oxygen atoms in total. The fraction of sp³-hybridized carbons (Fsp3) is 0.316. The zero-order chi connectivity index (χ0) is 17.9. The summed E-state index contributed by atoms with van der Waals surface area (Å²) in [7, 11) is 1.89. The van der Waals surface area contributed by atoms with Crippen LogP contribution in [0.3, 0.4) is 0 Å². The molecular formula is C19H22N6O. The second-order valence-corrected chi connectivity index (χ2v) is 6.55. The summed E-state index contributed by atoms with van der Waals surface area (Å²) in [5.74, 6) is 1.26. The summed E-state index contributed by atoms with van der Waals surface area (Å²) in [6.45, 7) is 0.826. The molecule has 2 aromatic heterocycles. The molecule has 26 heavy (non-hydrogen) atoms. The number of carbonyl (C=O) groups excluding carboxylic acids is 1. The van der Waals surface area contributed by atoms with E-state index in [1.54, 1.807) is 10.9 Å². The average Bonchev–Trinajstić information content (AvgIpc) is 3.01. The maximum absolute atomic E-state index is 12.5. The van der Waals surface area contributed by atoms with Crippen LogP contribution in [0.2, 0.25) is 0 Å². The third kappa shape index (κ3) is 3.33. The molecule has 3 heterocycles. The molecule has 4 rings (SSSR count). The Labute approximate surface area is 151 Å².